The Balaban J connectivity index is 1.59. The van der Waals surface area contributed by atoms with Crippen LogP contribution in [0.5, 0.6) is 23.1 Å². The number of rotatable bonds is 6. The molecule has 0 spiro atoms. The standard InChI is InChI=1S/C19H20N4O5/c1-25-15-7-13(8-16(26-2)18(15)27-3)22-19(24)23-10-14(11-23)28-17-6-12(9-20)4-5-21-17/h4-8,14H,10-11H2,1-3H3,(H,22,24). The van der Waals surface area contributed by atoms with Crippen LogP contribution in [-0.2, 0) is 0 Å². The fourth-order valence-electron chi connectivity index (χ4n) is 2.75. The highest BCUT2D eigenvalue weighted by Gasteiger charge is 2.33. The van der Waals surface area contributed by atoms with Crippen molar-refractivity contribution in [1.29, 1.82) is 5.26 Å². The van der Waals surface area contributed by atoms with Crippen LogP contribution in [-0.4, -0.2) is 56.4 Å². The zero-order valence-electron chi connectivity index (χ0n) is 15.8. The highest BCUT2D eigenvalue weighted by molar-refractivity contribution is 5.90. The van der Waals surface area contributed by atoms with Gasteiger partial charge in [0.2, 0.25) is 11.6 Å². The molecule has 3 rings (SSSR count). The molecule has 0 radical (unpaired) electrons. The average Bonchev–Trinajstić information content (AvgIpc) is 2.69. The van der Waals surface area contributed by atoms with Gasteiger partial charge in [0.15, 0.2) is 11.5 Å². The van der Waals surface area contributed by atoms with Crippen LogP contribution in [0.2, 0.25) is 0 Å². The van der Waals surface area contributed by atoms with E-state index in [0.29, 0.717) is 47.5 Å². The van der Waals surface area contributed by atoms with Gasteiger partial charge in [0.25, 0.3) is 0 Å². The summed E-state index contributed by atoms with van der Waals surface area (Å²) in [6, 6.07) is 8.25. The number of aromatic nitrogens is 1. The quantitative estimate of drug-likeness (QED) is 0.814. The molecular formula is C19H20N4O5. The molecule has 2 amide bonds. The molecule has 0 bridgehead atoms. The number of hydrogen-bond donors (Lipinski definition) is 1. The first-order chi connectivity index (χ1) is 13.6. The Morgan fingerprint density at radius 3 is 2.43 bits per heavy atom. The summed E-state index contributed by atoms with van der Waals surface area (Å²) in [5.41, 5.74) is 0.994. The summed E-state index contributed by atoms with van der Waals surface area (Å²) in [6.45, 7) is 0.823. The molecule has 9 heteroatoms. The molecule has 1 aromatic carbocycles. The Bertz CT molecular complexity index is 880. The van der Waals surface area contributed by atoms with E-state index < -0.39 is 0 Å². The minimum Gasteiger partial charge on any atom is -0.493 e. The van der Waals surface area contributed by atoms with Crippen LogP contribution in [0, 0.1) is 11.3 Å². The van der Waals surface area contributed by atoms with Gasteiger partial charge in [-0.25, -0.2) is 9.78 Å². The van der Waals surface area contributed by atoms with Crippen molar-refractivity contribution >= 4 is 11.7 Å². The number of methoxy groups -OCH3 is 3. The number of ether oxygens (including phenoxy) is 4. The van der Waals surface area contributed by atoms with E-state index >= 15 is 0 Å². The van der Waals surface area contributed by atoms with E-state index in [2.05, 4.69) is 10.3 Å². The van der Waals surface area contributed by atoms with Crippen LogP contribution >= 0.6 is 0 Å². The Hall–Kier alpha value is -3.67. The Labute approximate surface area is 162 Å². The molecule has 0 atom stereocenters. The number of amides is 2. The topological polar surface area (TPSA) is 106 Å². The maximum absolute atomic E-state index is 12.4. The molecular weight excluding hydrogens is 364 g/mol. The molecule has 1 aromatic heterocycles. The average molecular weight is 384 g/mol. The second kappa shape index (κ2) is 8.35. The van der Waals surface area contributed by atoms with Crippen molar-refractivity contribution in [3.8, 4) is 29.2 Å². The first kappa shape index (κ1) is 19.1. The lowest BCUT2D eigenvalue weighted by Crippen LogP contribution is -2.57. The second-order valence-corrected chi connectivity index (χ2v) is 5.98. The van der Waals surface area contributed by atoms with Gasteiger partial charge in [-0.2, -0.15) is 5.26 Å². The van der Waals surface area contributed by atoms with E-state index in [0.717, 1.165) is 0 Å². The third kappa shape index (κ3) is 4.01. The van der Waals surface area contributed by atoms with Crippen molar-refractivity contribution in [2.24, 2.45) is 0 Å². The number of urea groups is 1. The van der Waals surface area contributed by atoms with Crippen LogP contribution in [0.15, 0.2) is 30.5 Å². The summed E-state index contributed by atoms with van der Waals surface area (Å²) >= 11 is 0. The number of carbonyl (C=O) groups is 1. The van der Waals surface area contributed by atoms with Gasteiger partial charge in [0, 0.05) is 24.4 Å². The van der Waals surface area contributed by atoms with E-state index in [1.165, 1.54) is 27.5 Å². The number of likely N-dealkylation sites (tertiary alicyclic amines) is 1. The number of pyridine rings is 1. The summed E-state index contributed by atoms with van der Waals surface area (Å²) in [4.78, 5) is 18.1. The molecule has 0 saturated carbocycles. The minimum absolute atomic E-state index is 0.174. The van der Waals surface area contributed by atoms with Crippen LogP contribution in [0.1, 0.15) is 5.56 Å². The summed E-state index contributed by atoms with van der Waals surface area (Å²) in [7, 11) is 4.53. The fourth-order valence-corrected chi connectivity index (χ4v) is 2.75. The highest BCUT2D eigenvalue weighted by atomic mass is 16.5. The van der Waals surface area contributed by atoms with Gasteiger partial charge >= 0.3 is 6.03 Å². The molecule has 146 valence electrons. The first-order valence-electron chi connectivity index (χ1n) is 8.46. The van der Waals surface area contributed by atoms with Crippen molar-refractivity contribution in [3.63, 3.8) is 0 Å². The van der Waals surface area contributed by atoms with Gasteiger partial charge < -0.3 is 29.2 Å². The van der Waals surface area contributed by atoms with Gasteiger partial charge in [0.05, 0.1) is 51.7 Å². The number of nitrogens with zero attached hydrogens (tertiary/aromatic N) is 3. The van der Waals surface area contributed by atoms with Crippen molar-refractivity contribution in [1.82, 2.24) is 9.88 Å². The van der Waals surface area contributed by atoms with Crippen molar-refractivity contribution < 1.29 is 23.7 Å². The molecule has 1 saturated heterocycles. The van der Waals surface area contributed by atoms with Gasteiger partial charge in [-0.15, -0.1) is 0 Å². The van der Waals surface area contributed by atoms with E-state index in [9.17, 15) is 4.79 Å². The van der Waals surface area contributed by atoms with Gasteiger partial charge in [-0.3, -0.25) is 0 Å². The molecule has 0 aliphatic carbocycles. The number of anilines is 1. The van der Waals surface area contributed by atoms with E-state index in [4.69, 9.17) is 24.2 Å². The minimum atomic E-state index is -0.271. The SMILES string of the molecule is COc1cc(NC(=O)N2CC(Oc3cc(C#N)ccn3)C2)cc(OC)c1OC. The molecule has 1 fully saturated rings. The van der Waals surface area contributed by atoms with Crippen LogP contribution in [0.25, 0.3) is 0 Å². The molecule has 1 aliphatic heterocycles. The number of nitriles is 1. The number of carbonyl (C=O) groups excluding carboxylic acids is 1. The maximum Gasteiger partial charge on any atom is 0.322 e. The smallest absolute Gasteiger partial charge is 0.322 e. The Morgan fingerprint density at radius 2 is 1.86 bits per heavy atom. The lowest BCUT2D eigenvalue weighted by Gasteiger charge is -2.38. The molecule has 0 unspecified atom stereocenters. The van der Waals surface area contributed by atoms with Gasteiger partial charge in [0.1, 0.15) is 6.10 Å². The van der Waals surface area contributed by atoms with Gasteiger partial charge in [-0.05, 0) is 6.07 Å². The fraction of sp³-hybridized carbons (Fsp3) is 0.316. The molecule has 2 aromatic rings. The van der Waals surface area contributed by atoms with Crippen LogP contribution in [0.3, 0.4) is 0 Å². The summed E-state index contributed by atoms with van der Waals surface area (Å²) in [6.07, 6.45) is 1.34. The molecule has 2 heterocycles. The van der Waals surface area contributed by atoms with Crippen molar-refractivity contribution in [3.05, 3.63) is 36.0 Å². The maximum atomic E-state index is 12.4. The van der Waals surface area contributed by atoms with E-state index in [1.54, 1.807) is 29.2 Å². The van der Waals surface area contributed by atoms with Crippen molar-refractivity contribution in [2.75, 3.05) is 39.7 Å². The third-order valence-electron chi connectivity index (χ3n) is 4.20. The number of hydrogen-bond acceptors (Lipinski definition) is 7. The summed E-state index contributed by atoms with van der Waals surface area (Å²) in [5, 5.41) is 11.7. The lowest BCUT2D eigenvalue weighted by atomic mass is 10.2. The predicted molar refractivity (Wildman–Crippen MR) is 100 cm³/mol. The van der Waals surface area contributed by atoms with Crippen LogP contribution < -0.4 is 24.3 Å². The summed E-state index contributed by atoms with van der Waals surface area (Å²) < 4.78 is 21.5. The first-order valence-corrected chi connectivity index (χ1v) is 8.46. The zero-order chi connectivity index (χ0) is 20.1. The van der Waals surface area contributed by atoms with Gasteiger partial charge in [-0.1, -0.05) is 0 Å². The highest BCUT2D eigenvalue weighted by Crippen LogP contribution is 2.40. The lowest BCUT2D eigenvalue weighted by molar-refractivity contribution is 0.0461. The second-order valence-electron chi connectivity index (χ2n) is 5.98. The van der Waals surface area contributed by atoms with E-state index in [1.807, 2.05) is 6.07 Å². The molecule has 9 nitrogen and oxygen atoms in total. The van der Waals surface area contributed by atoms with Crippen molar-refractivity contribution in [2.45, 2.75) is 6.10 Å². The Kier molecular flexibility index (Phi) is 5.69. The third-order valence-corrected chi connectivity index (χ3v) is 4.20. The van der Waals surface area contributed by atoms with E-state index in [-0.39, 0.29) is 12.1 Å². The van der Waals surface area contributed by atoms with Crippen LogP contribution in [0.4, 0.5) is 10.5 Å². The number of benzene rings is 1. The normalized spacial score (nSPS) is 13.1. The monoisotopic (exact) mass is 384 g/mol. The Morgan fingerprint density at radius 1 is 1.18 bits per heavy atom. The molecule has 1 N–H and O–H groups in total. The predicted octanol–water partition coefficient (Wildman–Crippen LogP) is 2.27. The zero-order valence-corrected chi connectivity index (χ0v) is 15.8. The largest absolute Gasteiger partial charge is 0.493 e. The molecule has 28 heavy (non-hydrogen) atoms. The summed E-state index contributed by atoms with van der Waals surface area (Å²) in [5.74, 6) is 1.72. The number of nitrogens with one attached hydrogen (secondary N) is 1. The molecule has 1 aliphatic rings.